The summed E-state index contributed by atoms with van der Waals surface area (Å²) in [5.74, 6) is 0. The molecule has 1 aromatic rings. The number of benzene rings is 1. The van der Waals surface area contributed by atoms with Gasteiger partial charge in [-0.1, -0.05) is 12.6 Å². The monoisotopic (exact) mass is 320 g/mol. The number of nitrogens with one attached hydrogen (secondary N) is 2. The number of alkyl halides is 3. The average molecular weight is 320 g/mol. The van der Waals surface area contributed by atoms with E-state index in [1.54, 1.807) is 0 Å². The highest BCUT2D eigenvalue weighted by atomic mass is 32.2. The molecule has 8 heteroatoms. The third-order valence-corrected chi connectivity index (χ3v) is 2.89. The van der Waals surface area contributed by atoms with Gasteiger partial charge in [0.2, 0.25) is 0 Å². The average Bonchev–Trinajstić information content (AvgIpc) is 2.37. The van der Waals surface area contributed by atoms with E-state index in [0.29, 0.717) is 25.3 Å². The molecule has 0 saturated heterocycles. The maximum atomic E-state index is 12.2. The van der Waals surface area contributed by atoms with Crippen LogP contribution >= 0.6 is 11.8 Å². The number of carbonyl (C=O) groups is 1. The summed E-state index contributed by atoms with van der Waals surface area (Å²) in [5, 5.41) is 5.03. The van der Waals surface area contributed by atoms with Crippen molar-refractivity contribution in [3.8, 4) is 0 Å². The van der Waals surface area contributed by atoms with Gasteiger partial charge >= 0.3 is 11.5 Å². The first-order valence-corrected chi connectivity index (χ1v) is 6.85. The lowest BCUT2D eigenvalue weighted by Gasteiger charge is -2.10. The largest absolute Gasteiger partial charge is 0.502 e. The Morgan fingerprint density at radius 2 is 2.19 bits per heavy atom. The molecule has 0 fully saturated rings. The summed E-state index contributed by atoms with van der Waals surface area (Å²) in [6, 6.07) is 5.07. The first-order chi connectivity index (χ1) is 9.90. The highest BCUT2D eigenvalue weighted by Gasteiger charge is 2.29. The van der Waals surface area contributed by atoms with Crippen molar-refractivity contribution in [2.45, 2.75) is 16.8 Å². The van der Waals surface area contributed by atoms with Crippen LogP contribution in [0.25, 0.3) is 0 Å². The Bertz CT molecular complexity index is 481. The molecule has 4 nitrogen and oxygen atoms in total. The third kappa shape index (κ3) is 8.13. The van der Waals surface area contributed by atoms with Crippen molar-refractivity contribution in [1.29, 1.82) is 0 Å². The second-order valence-electron chi connectivity index (χ2n) is 3.85. The first-order valence-electron chi connectivity index (χ1n) is 6.04. The minimum absolute atomic E-state index is 0.0136. The topological polar surface area (TPSA) is 50.4 Å². The number of urea groups is 1. The van der Waals surface area contributed by atoms with Crippen LogP contribution in [0.4, 0.5) is 23.7 Å². The van der Waals surface area contributed by atoms with Gasteiger partial charge in [-0.2, -0.15) is 13.2 Å². The normalized spacial score (nSPS) is 10.8. The molecule has 0 aromatic heterocycles. The van der Waals surface area contributed by atoms with Crippen LogP contribution in [-0.4, -0.2) is 24.7 Å². The van der Waals surface area contributed by atoms with Gasteiger partial charge in [-0.05, 0) is 36.4 Å². The number of hydrogen-bond acceptors (Lipinski definition) is 3. The maximum absolute atomic E-state index is 12.2. The molecule has 0 spiro atoms. The highest BCUT2D eigenvalue weighted by molar-refractivity contribution is 8.00. The molecule has 1 aromatic carbocycles. The van der Waals surface area contributed by atoms with Crippen LogP contribution in [0.5, 0.6) is 0 Å². The Kier molecular flexibility index (Phi) is 6.93. The number of ether oxygens (including phenoxy) is 1. The van der Waals surface area contributed by atoms with E-state index in [1.165, 1.54) is 30.5 Å². The van der Waals surface area contributed by atoms with Crippen molar-refractivity contribution < 1.29 is 22.7 Å². The number of thioether (sulfide) groups is 1. The van der Waals surface area contributed by atoms with Crippen molar-refractivity contribution in [2.24, 2.45) is 0 Å². The Hall–Kier alpha value is -1.83. The molecule has 2 N–H and O–H groups in total. The van der Waals surface area contributed by atoms with Crippen molar-refractivity contribution in [2.75, 3.05) is 18.5 Å². The van der Waals surface area contributed by atoms with Crippen LogP contribution in [0.3, 0.4) is 0 Å². The maximum Gasteiger partial charge on any atom is 0.446 e. The van der Waals surface area contributed by atoms with Crippen LogP contribution in [-0.2, 0) is 4.74 Å². The Morgan fingerprint density at radius 1 is 1.43 bits per heavy atom. The molecule has 0 aliphatic carbocycles. The van der Waals surface area contributed by atoms with Gasteiger partial charge in [0, 0.05) is 17.1 Å². The fourth-order valence-corrected chi connectivity index (χ4v) is 1.99. The fourth-order valence-electron chi connectivity index (χ4n) is 1.39. The van der Waals surface area contributed by atoms with Gasteiger partial charge < -0.3 is 15.4 Å². The van der Waals surface area contributed by atoms with Crippen LogP contribution in [0.2, 0.25) is 0 Å². The minimum atomic E-state index is -4.36. The van der Waals surface area contributed by atoms with Crippen LogP contribution < -0.4 is 10.6 Å². The number of amides is 2. The third-order valence-electron chi connectivity index (χ3n) is 2.17. The summed E-state index contributed by atoms with van der Waals surface area (Å²) in [6.07, 6.45) is 1.91. The van der Waals surface area contributed by atoms with E-state index >= 15 is 0 Å². The van der Waals surface area contributed by atoms with E-state index < -0.39 is 11.5 Å². The molecule has 0 unspecified atom stereocenters. The number of halogens is 3. The summed E-state index contributed by atoms with van der Waals surface area (Å²) in [5.41, 5.74) is -4.06. The molecule has 0 heterocycles. The summed E-state index contributed by atoms with van der Waals surface area (Å²) >= 11 is -0.229. The molecule has 0 saturated carbocycles. The molecule has 1 rings (SSSR count). The predicted molar refractivity (Wildman–Crippen MR) is 76.1 cm³/mol. The van der Waals surface area contributed by atoms with E-state index in [4.69, 9.17) is 4.74 Å². The summed E-state index contributed by atoms with van der Waals surface area (Å²) in [4.78, 5) is 11.5. The lowest BCUT2D eigenvalue weighted by atomic mass is 10.3. The molecule has 0 bridgehead atoms. The SMILES string of the molecule is C=COCCCNC(=O)Nc1cccc(SC(F)(F)F)c1. The zero-order valence-electron chi connectivity index (χ0n) is 11.1. The highest BCUT2D eigenvalue weighted by Crippen LogP contribution is 2.37. The molecule has 21 heavy (non-hydrogen) atoms. The zero-order chi connectivity index (χ0) is 15.7. The van der Waals surface area contributed by atoms with Gasteiger partial charge in [-0.15, -0.1) is 0 Å². The first kappa shape index (κ1) is 17.2. The molecule has 0 aliphatic rings. The van der Waals surface area contributed by atoms with Gasteiger partial charge in [0.05, 0.1) is 12.9 Å². The minimum Gasteiger partial charge on any atom is -0.502 e. The molecule has 0 radical (unpaired) electrons. The molecule has 2 amide bonds. The van der Waals surface area contributed by atoms with E-state index in [1.807, 2.05) is 0 Å². The van der Waals surface area contributed by atoms with Crippen molar-refractivity contribution in [1.82, 2.24) is 5.32 Å². The quantitative estimate of drug-likeness (QED) is 0.454. The van der Waals surface area contributed by atoms with E-state index in [9.17, 15) is 18.0 Å². The molecule has 0 aliphatic heterocycles. The van der Waals surface area contributed by atoms with Gasteiger partial charge in [0.25, 0.3) is 0 Å². The zero-order valence-corrected chi connectivity index (χ0v) is 11.9. The molecular formula is C13H15F3N2O2S. The van der Waals surface area contributed by atoms with Crippen molar-refractivity contribution in [3.05, 3.63) is 37.1 Å². The van der Waals surface area contributed by atoms with Crippen LogP contribution in [0.15, 0.2) is 42.0 Å². The Balaban J connectivity index is 2.41. The van der Waals surface area contributed by atoms with Gasteiger partial charge in [0.1, 0.15) is 0 Å². The molecule has 116 valence electrons. The van der Waals surface area contributed by atoms with Crippen LogP contribution in [0, 0.1) is 0 Å². The lowest BCUT2D eigenvalue weighted by Crippen LogP contribution is -2.30. The molecular weight excluding hydrogens is 305 g/mol. The van der Waals surface area contributed by atoms with Gasteiger partial charge in [0.15, 0.2) is 0 Å². The summed E-state index contributed by atoms with van der Waals surface area (Å²) in [6.45, 7) is 4.20. The standard InChI is InChI=1S/C13H15F3N2O2S/c1-2-20-8-4-7-17-12(19)18-10-5-3-6-11(9-10)21-13(14,15)16/h2-3,5-6,9H,1,4,7-8H2,(H2,17,18,19). The van der Waals surface area contributed by atoms with Crippen molar-refractivity contribution >= 4 is 23.5 Å². The second kappa shape index (κ2) is 8.46. The smallest absolute Gasteiger partial charge is 0.446 e. The number of hydrogen-bond donors (Lipinski definition) is 2. The van der Waals surface area contributed by atoms with E-state index in [2.05, 4.69) is 17.2 Å². The number of rotatable bonds is 7. The van der Waals surface area contributed by atoms with Gasteiger partial charge in [-0.25, -0.2) is 4.79 Å². The Labute approximate surface area is 124 Å². The van der Waals surface area contributed by atoms with Crippen LogP contribution in [0.1, 0.15) is 6.42 Å². The number of carbonyl (C=O) groups excluding carboxylic acids is 1. The summed E-state index contributed by atoms with van der Waals surface area (Å²) in [7, 11) is 0. The number of anilines is 1. The molecule has 0 atom stereocenters. The fraction of sp³-hybridized carbons (Fsp3) is 0.308. The Morgan fingerprint density at radius 3 is 2.86 bits per heavy atom. The second-order valence-corrected chi connectivity index (χ2v) is 4.99. The predicted octanol–water partition coefficient (Wildman–Crippen LogP) is 3.97. The van der Waals surface area contributed by atoms with Crippen molar-refractivity contribution in [3.63, 3.8) is 0 Å². The van der Waals surface area contributed by atoms with Gasteiger partial charge in [-0.3, -0.25) is 0 Å². The van der Waals surface area contributed by atoms with E-state index in [-0.39, 0.29) is 16.7 Å². The lowest BCUT2D eigenvalue weighted by molar-refractivity contribution is -0.0328. The summed E-state index contributed by atoms with van der Waals surface area (Å²) < 4.78 is 41.6. The van der Waals surface area contributed by atoms with E-state index in [0.717, 1.165) is 0 Å².